The smallest absolute Gasteiger partial charge is 0.231 e. The van der Waals surface area contributed by atoms with E-state index >= 15 is 0 Å². The van der Waals surface area contributed by atoms with Crippen LogP contribution in [0.4, 0.5) is 5.69 Å². The molecule has 2 aliphatic rings. The molecule has 2 saturated heterocycles. The third-order valence-electron chi connectivity index (χ3n) is 4.48. The molecule has 2 atom stereocenters. The van der Waals surface area contributed by atoms with Crippen LogP contribution >= 0.6 is 0 Å². The molecule has 2 fully saturated rings. The normalized spacial score (nSPS) is 25.8. The van der Waals surface area contributed by atoms with Gasteiger partial charge in [-0.3, -0.25) is 14.4 Å². The maximum atomic E-state index is 12.6. The number of rotatable bonds is 3. The first-order chi connectivity index (χ1) is 10.2. The van der Waals surface area contributed by atoms with E-state index in [0.29, 0.717) is 5.92 Å². The molecule has 0 aliphatic carbocycles. The molecule has 0 N–H and O–H groups in total. The minimum absolute atomic E-state index is 0.111. The molecule has 0 spiro atoms. The summed E-state index contributed by atoms with van der Waals surface area (Å²) in [6, 6.07) is 3.89. The lowest BCUT2D eigenvalue weighted by Gasteiger charge is -2.19. The highest BCUT2D eigenvalue weighted by atomic mass is 16.3. The second-order valence-electron chi connectivity index (χ2n) is 5.96. The highest BCUT2D eigenvalue weighted by Gasteiger charge is 2.46. The molecule has 0 unspecified atom stereocenters. The fraction of sp³-hybridized carbons (Fsp3) is 0.467. The van der Waals surface area contributed by atoms with E-state index in [-0.39, 0.29) is 11.8 Å². The van der Waals surface area contributed by atoms with Crippen LogP contribution in [-0.4, -0.2) is 40.2 Å². The molecule has 2 aromatic heterocycles. The first-order valence-electron chi connectivity index (χ1n) is 7.25. The minimum atomic E-state index is 0.111. The lowest BCUT2D eigenvalue weighted by molar-refractivity contribution is -0.120. The fourth-order valence-electron chi connectivity index (χ4n) is 3.48. The lowest BCUT2D eigenvalue weighted by Crippen LogP contribution is -2.32. The predicted octanol–water partition coefficient (Wildman–Crippen LogP) is 1.11. The van der Waals surface area contributed by atoms with Crippen LogP contribution in [0.3, 0.4) is 0 Å². The van der Waals surface area contributed by atoms with E-state index in [9.17, 15) is 4.79 Å². The van der Waals surface area contributed by atoms with Crippen molar-refractivity contribution >= 4 is 11.6 Å². The fourth-order valence-corrected chi connectivity index (χ4v) is 3.48. The van der Waals surface area contributed by atoms with Crippen LogP contribution in [0.15, 0.2) is 35.2 Å². The Labute approximate surface area is 122 Å². The Bertz CT molecular complexity index is 648. The van der Waals surface area contributed by atoms with Crippen molar-refractivity contribution in [2.45, 2.75) is 6.54 Å². The van der Waals surface area contributed by atoms with E-state index in [1.807, 2.05) is 30.3 Å². The molecule has 4 rings (SSSR count). The maximum absolute atomic E-state index is 12.6. The summed E-state index contributed by atoms with van der Waals surface area (Å²) < 4.78 is 7.13. The number of hydrogen-bond donors (Lipinski definition) is 0. The summed E-state index contributed by atoms with van der Waals surface area (Å²) in [7, 11) is 1.87. The zero-order valence-electron chi connectivity index (χ0n) is 12.0. The van der Waals surface area contributed by atoms with Gasteiger partial charge in [0.05, 0.1) is 30.6 Å². The molecule has 4 heterocycles. The summed E-state index contributed by atoms with van der Waals surface area (Å²) in [5.74, 6) is 1.72. The predicted molar refractivity (Wildman–Crippen MR) is 76.5 cm³/mol. The second kappa shape index (κ2) is 4.73. The van der Waals surface area contributed by atoms with Crippen LogP contribution in [0.25, 0.3) is 0 Å². The van der Waals surface area contributed by atoms with E-state index < -0.39 is 0 Å². The van der Waals surface area contributed by atoms with Crippen LogP contribution in [0.5, 0.6) is 0 Å². The van der Waals surface area contributed by atoms with Crippen molar-refractivity contribution in [2.75, 3.05) is 24.5 Å². The first kappa shape index (κ1) is 12.6. The molecule has 6 nitrogen and oxygen atoms in total. The summed E-state index contributed by atoms with van der Waals surface area (Å²) in [4.78, 5) is 16.8. The lowest BCUT2D eigenvalue weighted by atomic mass is 10.0. The molecular weight excluding hydrogens is 268 g/mol. The van der Waals surface area contributed by atoms with E-state index in [1.54, 1.807) is 17.1 Å². The van der Waals surface area contributed by atoms with Crippen molar-refractivity contribution in [3.63, 3.8) is 0 Å². The molecule has 2 aliphatic heterocycles. The number of carbonyl (C=O) groups is 1. The number of hydrogen-bond acceptors (Lipinski definition) is 4. The highest BCUT2D eigenvalue weighted by molar-refractivity contribution is 5.97. The Hall–Kier alpha value is -2.08. The summed E-state index contributed by atoms with van der Waals surface area (Å²) >= 11 is 0. The topological polar surface area (TPSA) is 54.5 Å². The Morgan fingerprint density at radius 2 is 2.29 bits per heavy atom. The Morgan fingerprint density at radius 1 is 1.38 bits per heavy atom. The van der Waals surface area contributed by atoms with Gasteiger partial charge in [0.1, 0.15) is 5.76 Å². The molecular formula is C15H18N4O2. The van der Waals surface area contributed by atoms with Gasteiger partial charge in [-0.25, -0.2) is 0 Å². The van der Waals surface area contributed by atoms with Gasteiger partial charge in [0.2, 0.25) is 5.91 Å². The van der Waals surface area contributed by atoms with Gasteiger partial charge in [0.15, 0.2) is 0 Å². The van der Waals surface area contributed by atoms with Gasteiger partial charge in [0.25, 0.3) is 0 Å². The van der Waals surface area contributed by atoms with E-state index in [0.717, 1.165) is 37.6 Å². The molecule has 1 amide bonds. The average molecular weight is 286 g/mol. The number of anilines is 1. The van der Waals surface area contributed by atoms with Crippen molar-refractivity contribution in [2.24, 2.45) is 18.9 Å². The number of furan rings is 1. The zero-order valence-corrected chi connectivity index (χ0v) is 12.0. The number of aromatic nitrogens is 2. The van der Waals surface area contributed by atoms with Crippen LogP contribution in [0, 0.1) is 11.8 Å². The largest absolute Gasteiger partial charge is 0.468 e. The monoisotopic (exact) mass is 286 g/mol. The quantitative estimate of drug-likeness (QED) is 0.848. The molecule has 0 bridgehead atoms. The molecule has 21 heavy (non-hydrogen) atoms. The molecule has 6 heteroatoms. The highest BCUT2D eigenvalue weighted by Crippen LogP contribution is 2.35. The van der Waals surface area contributed by atoms with Gasteiger partial charge in [0, 0.05) is 38.8 Å². The number of carbonyl (C=O) groups excluding carboxylic acids is 1. The van der Waals surface area contributed by atoms with Crippen molar-refractivity contribution in [3.8, 4) is 0 Å². The Balaban J connectivity index is 1.45. The second-order valence-corrected chi connectivity index (χ2v) is 5.96. The van der Waals surface area contributed by atoms with Gasteiger partial charge < -0.3 is 9.32 Å². The third kappa shape index (κ3) is 2.15. The van der Waals surface area contributed by atoms with Crippen LogP contribution in [0.1, 0.15) is 5.76 Å². The van der Waals surface area contributed by atoms with Crippen molar-refractivity contribution < 1.29 is 9.21 Å². The SMILES string of the molecule is Cn1cc(N2C[C@@H]3CN(Cc4ccco4)C[C@@H]3C2=O)cn1. The maximum Gasteiger partial charge on any atom is 0.231 e. The van der Waals surface area contributed by atoms with E-state index in [2.05, 4.69) is 10.00 Å². The first-order valence-corrected chi connectivity index (χ1v) is 7.25. The Kier molecular flexibility index (Phi) is 2.85. The minimum Gasteiger partial charge on any atom is -0.468 e. The van der Waals surface area contributed by atoms with Gasteiger partial charge in [-0.15, -0.1) is 0 Å². The number of amides is 1. The Morgan fingerprint density at radius 3 is 2.95 bits per heavy atom. The number of likely N-dealkylation sites (tertiary alicyclic amines) is 1. The van der Waals surface area contributed by atoms with Crippen molar-refractivity contribution in [1.82, 2.24) is 14.7 Å². The summed E-state index contributed by atoms with van der Waals surface area (Å²) in [5, 5.41) is 4.15. The van der Waals surface area contributed by atoms with E-state index in [1.165, 1.54) is 0 Å². The molecule has 0 radical (unpaired) electrons. The van der Waals surface area contributed by atoms with Gasteiger partial charge in [-0.2, -0.15) is 5.10 Å². The summed E-state index contributed by atoms with van der Waals surface area (Å²) in [5.41, 5.74) is 0.912. The van der Waals surface area contributed by atoms with Crippen molar-refractivity contribution in [1.29, 1.82) is 0 Å². The third-order valence-corrected chi connectivity index (χ3v) is 4.48. The van der Waals surface area contributed by atoms with Gasteiger partial charge >= 0.3 is 0 Å². The average Bonchev–Trinajstić information content (AvgIpc) is 3.19. The van der Waals surface area contributed by atoms with E-state index in [4.69, 9.17) is 4.42 Å². The number of fused-ring (bicyclic) bond motifs is 1. The van der Waals surface area contributed by atoms with Gasteiger partial charge in [-0.05, 0) is 12.1 Å². The molecule has 0 aromatic carbocycles. The van der Waals surface area contributed by atoms with Crippen LogP contribution in [-0.2, 0) is 18.4 Å². The zero-order chi connectivity index (χ0) is 14.4. The van der Waals surface area contributed by atoms with Gasteiger partial charge in [-0.1, -0.05) is 0 Å². The number of aryl methyl sites for hydroxylation is 1. The molecule has 0 saturated carbocycles. The van der Waals surface area contributed by atoms with Crippen LogP contribution in [0.2, 0.25) is 0 Å². The molecule has 2 aromatic rings. The standard InChI is InChI=1S/C15H18N4O2/c1-17-8-12(5-16-17)19-7-11-6-18(10-14(11)15(19)20)9-13-3-2-4-21-13/h2-5,8,11,14H,6-7,9-10H2,1H3/t11-,14-/m0/s1. The summed E-state index contributed by atoms with van der Waals surface area (Å²) in [6.45, 7) is 3.36. The van der Waals surface area contributed by atoms with Crippen molar-refractivity contribution in [3.05, 3.63) is 36.5 Å². The van der Waals surface area contributed by atoms with Crippen LogP contribution < -0.4 is 4.90 Å². The summed E-state index contributed by atoms with van der Waals surface area (Å²) in [6.07, 6.45) is 5.36. The molecule has 110 valence electrons. The number of nitrogens with zero attached hydrogens (tertiary/aromatic N) is 4.